The maximum absolute atomic E-state index is 12.8. The molecule has 1 amide bonds. The normalized spacial score (nSPS) is 11.0. The number of fused-ring (bicyclic) bond motifs is 1. The Balaban J connectivity index is 1.48. The number of aryl methyl sites for hydroxylation is 1. The molecule has 168 valence electrons. The van der Waals surface area contributed by atoms with Crippen molar-refractivity contribution in [1.29, 1.82) is 5.26 Å². The van der Waals surface area contributed by atoms with Crippen molar-refractivity contribution >= 4 is 28.4 Å². The predicted molar refractivity (Wildman–Crippen MR) is 135 cm³/mol. The lowest BCUT2D eigenvalue weighted by atomic mass is 10.0. The lowest BCUT2D eigenvalue weighted by Crippen LogP contribution is -2.13. The molecule has 5 nitrogen and oxygen atoms in total. The Kier molecular flexibility index (Phi) is 6.90. The van der Waals surface area contributed by atoms with E-state index in [1.807, 2.05) is 73.7 Å². The van der Waals surface area contributed by atoms with E-state index >= 15 is 0 Å². The highest BCUT2D eigenvalue weighted by molar-refractivity contribution is 6.11. The number of carbonyl (C=O) groups excluding carboxylic acids is 1. The van der Waals surface area contributed by atoms with Crippen molar-refractivity contribution in [3.63, 3.8) is 0 Å². The van der Waals surface area contributed by atoms with Gasteiger partial charge >= 0.3 is 0 Å². The minimum Gasteiger partial charge on any atom is -0.496 e. The highest BCUT2D eigenvalue weighted by Gasteiger charge is 2.13. The van der Waals surface area contributed by atoms with Crippen LogP contribution >= 0.6 is 0 Å². The molecule has 0 bridgehead atoms. The minimum absolute atomic E-state index is 0.0191. The fraction of sp³-hybridized carbons (Fsp3) is 0.103. The van der Waals surface area contributed by atoms with Gasteiger partial charge in [0.2, 0.25) is 0 Å². The van der Waals surface area contributed by atoms with Crippen LogP contribution in [0.1, 0.15) is 16.7 Å². The van der Waals surface area contributed by atoms with Crippen LogP contribution in [-0.2, 0) is 11.4 Å². The molecule has 0 aliphatic rings. The van der Waals surface area contributed by atoms with E-state index in [0.29, 0.717) is 29.4 Å². The Morgan fingerprint density at radius 3 is 2.41 bits per heavy atom. The molecule has 0 atom stereocenters. The number of nitrogens with one attached hydrogen (secondary N) is 1. The molecule has 0 fully saturated rings. The summed E-state index contributed by atoms with van der Waals surface area (Å²) in [6, 6.07) is 28.8. The van der Waals surface area contributed by atoms with Crippen molar-refractivity contribution in [2.75, 3.05) is 12.4 Å². The maximum atomic E-state index is 12.8. The van der Waals surface area contributed by atoms with Gasteiger partial charge in [-0.3, -0.25) is 4.79 Å². The summed E-state index contributed by atoms with van der Waals surface area (Å²) >= 11 is 0. The smallest absolute Gasteiger partial charge is 0.266 e. The fourth-order valence-electron chi connectivity index (χ4n) is 3.58. The van der Waals surface area contributed by atoms with Gasteiger partial charge in [0.05, 0.1) is 7.11 Å². The van der Waals surface area contributed by atoms with Crippen LogP contribution in [0.3, 0.4) is 0 Å². The van der Waals surface area contributed by atoms with Crippen LogP contribution in [0, 0.1) is 18.3 Å². The number of nitriles is 1. The van der Waals surface area contributed by atoms with Gasteiger partial charge in [0.25, 0.3) is 5.91 Å². The molecule has 0 heterocycles. The summed E-state index contributed by atoms with van der Waals surface area (Å²) in [5.74, 6) is 0.787. The molecule has 5 heteroatoms. The van der Waals surface area contributed by atoms with Gasteiger partial charge in [-0.05, 0) is 59.7 Å². The number of anilines is 1. The molecule has 0 aliphatic carbocycles. The highest BCUT2D eigenvalue weighted by atomic mass is 16.5. The highest BCUT2D eigenvalue weighted by Crippen LogP contribution is 2.30. The molecule has 0 saturated heterocycles. The van der Waals surface area contributed by atoms with Gasteiger partial charge in [-0.15, -0.1) is 0 Å². The number of rotatable bonds is 7. The van der Waals surface area contributed by atoms with Crippen molar-refractivity contribution in [3.05, 3.63) is 107 Å². The third-order valence-electron chi connectivity index (χ3n) is 5.44. The SMILES string of the molecule is COc1ccc2ccccc2c1/C=C(\C#N)C(=O)Nc1ccc(OCc2ccc(C)cc2)cc1. The summed E-state index contributed by atoms with van der Waals surface area (Å²) < 4.78 is 11.3. The number of amides is 1. The quantitative estimate of drug-likeness (QED) is 0.267. The lowest BCUT2D eigenvalue weighted by molar-refractivity contribution is -0.112. The number of methoxy groups -OCH3 is 1. The first-order chi connectivity index (χ1) is 16.6. The van der Waals surface area contributed by atoms with E-state index in [1.165, 1.54) is 5.56 Å². The van der Waals surface area contributed by atoms with Crippen LogP contribution in [0.5, 0.6) is 11.5 Å². The molecule has 4 rings (SSSR count). The average Bonchev–Trinajstić information content (AvgIpc) is 2.87. The van der Waals surface area contributed by atoms with Gasteiger partial charge in [0.1, 0.15) is 29.7 Å². The van der Waals surface area contributed by atoms with Crippen molar-refractivity contribution in [2.24, 2.45) is 0 Å². The molecule has 34 heavy (non-hydrogen) atoms. The van der Waals surface area contributed by atoms with E-state index < -0.39 is 5.91 Å². The van der Waals surface area contributed by atoms with Gasteiger partial charge in [-0.25, -0.2) is 0 Å². The zero-order valence-corrected chi connectivity index (χ0v) is 19.0. The van der Waals surface area contributed by atoms with Gasteiger partial charge < -0.3 is 14.8 Å². The monoisotopic (exact) mass is 448 g/mol. The second-order valence-corrected chi connectivity index (χ2v) is 7.83. The van der Waals surface area contributed by atoms with E-state index in [0.717, 1.165) is 16.3 Å². The van der Waals surface area contributed by atoms with E-state index in [-0.39, 0.29) is 5.57 Å². The van der Waals surface area contributed by atoms with Crippen LogP contribution in [-0.4, -0.2) is 13.0 Å². The predicted octanol–water partition coefficient (Wildman–Crippen LogP) is 6.28. The standard InChI is InChI=1S/C29H24N2O3/c1-20-7-9-21(10-8-20)19-34-25-14-12-24(13-15-25)31-29(32)23(18-30)17-27-26-6-4-3-5-22(26)11-16-28(27)33-2/h3-17H,19H2,1-2H3,(H,31,32)/b23-17+. The first kappa shape index (κ1) is 22.6. The van der Waals surface area contributed by atoms with Crippen molar-refractivity contribution in [2.45, 2.75) is 13.5 Å². The van der Waals surface area contributed by atoms with E-state index in [2.05, 4.69) is 5.32 Å². The number of nitrogens with zero attached hydrogens (tertiary/aromatic N) is 1. The summed E-state index contributed by atoms with van der Waals surface area (Å²) in [7, 11) is 1.57. The van der Waals surface area contributed by atoms with Gasteiger partial charge in [-0.2, -0.15) is 5.26 Å². The molecule has 0 radical (unpaired) electrons. The van der Waals surface area contributed by atoms with E-state index in [4.69, 9.17) is 9.47 Å². The second-order valence-electron chi connectivity index (χ2n) is 7.83. The number of carbonyl (C=O) groups is 1. The number of ether oxygens (including phenoxy) is 2. The molecule has 4 aromatic carbocycles. The van der Waals surface area contributed by atoms with E-state index in [1.54, 1.807) is 37.5 Å². The molecule has 0 saturated carbocycles. The Bertz CT molecular complexity index is 1380. The zero-order chi connectivity index (χ0) is 23.9. The van der Waals surface area contributed by atoms with Gasteiger partial charge in [0.15, 0.2) is 0 Å². The van der Waals surface area contributed by atoms with Crippen molar-refractivity contribution in [1.82, 2.24) is 0 Å². The largest absolute Gasteiger partial charge is 0.496 e. The first-order valence-electron chi connectivity index (χ1n) is 10.8. The summed E-state index contributed by atoms with van der Waals surface area (Å²) in [6.07, 6.45) is 1.57. The Morgan fingerprint density at radius 2 is 1.71 bits per heavy atom. The van der Waals surface area contributed by atoms with Crippen LogP contribution in [0.4, 0.5) is 5.69 Å². The van der Waals surface area contributed by atoms with Crippen LogP contribution in [0.25, 0.3) is 16.8 Å². The molecule has 0 spiro atoms. The van der Waals surface area contributed by atoms with E-state index in [9.17, 15) is 10.1 Å². The maximum Gasteiger partial charge on any atom is 0.266 e. The Hall–Kier alpha value is -4.56. The van der Waals surface area contributed by atoms with Crippen LogP contribution in [0.2, 0.25) is 0 Å². The molecule has 4 aromatic rings. The third-order valence-corrected chi connectivity index (χ3v) is 5.44. The number of benzene rings is 4. The molecule has 0 aromatic heterocycles. The zero-order valence-electron chi connectivity index (χ0n) is 19.0. The summed E-state index contributed by atoms with van der Waals surface area (Å²) in [5.41, 5.74) is 3.52. The third kappa shape index (κ3) is 5.25. The Labute approximate surface area is 198 Å². The second kappa shape index (κ2) is 10.4. The molecule has 1 N–H and O–H groups in total. The summed E-state index contributed by atoms with van der Waals surface area (Å²) in [4.78, 5) is 12.8. The van der Waals surface area contributed by atoms with Crippen LogP contribution < -0.4 is 14.8 Å². The lowest BCUT2D eigenvalue weighted by Gasteiger charge is -2.10. The molecule has 0 unspecified atom stereocenters. The van der Waals surface area contributed by atoms with Gasteiger partial charge in [-0.1, -0.05) is 60.2 Å². The first-order valence-corrected chi connectivity index (χ1v) is 10.8. The average molecular weight is 449 g/mol. The van der Waals surface area contributed by atoms with Gasteiger partial charge in [0, 0.05) is 11.3 Å². The van der Waals surface area contributed by atoms with Crippen molar-refractivity contribution < 1.29 is 14.3 Å². The number of hydrogen-bond acceptors (Lipinski definition) is 4. The van der Waals surface area contributed by atoms with Crippen LogP contribution in [0.15, 0.2) is 90.5 Å². The Morgan fingerprint density at radius 1 is 0.971 bits per heavy atom. The fourth-order valence-corrected chi connectivity index (χ4v) is 3.58. The summed E-state index contributed by atoms with van der Waals surface area (Å²) in [5, 5.41) is 14.3. The van der Waals surface area contributed by atoms with Crippen molar-refractivity contribution in [3.8, 4) is 17.6 Å². The summed E-state index contributed by atoms with van der Waals surface area (Å²) in [6.45, 7) is 2.50. The molecular weight excluding hydrogens is 424 g/mol. The minimum atomic E-state index is -0.495. The number of hydrogen-bond donors (Lipinski definition) is 1. The molecule has 0 aliphatic heterocycles. The molecular formula is C29H24N2O3. The topological polar surface area (TPSA) is 71.3 Å².